The molecule has 0 fully saturated rings. The summed E-state index contributed by atoms with van der Waals surface area (Å²) in [5.74, 6) is -0.535. The van der Waals surface area contributed by atoms with Crippen LogP contribution < -0.4 is 4.74 Å². The first-order chi connectivity index (χ1) is 11.9. The molecular weight excluding hydrogens is 467 g/mol. The quantitative estimate of drug-likeness (QED) is 0.247. The van der Waals surface area contributed by atoms with Crippen molar-refractivity contribution in [2.75, 3.05) is 0 Å². The second-order valence-corrected chi connectivity index (χ2v) is 9.56. The first-order valence-corrected chi connectivity index (χ1v) is 9.03. The minimum Gasteiger partial charge on any atom is -0.423 e. The lowest BCUT2D eigenvalue weighted by molar-refractivity contribution is -0.130. The number of ether oxygens (including phenoxy) is 1. The van der Waals surface area contributed by atoms with E-state index in [1.165, 1.54) is 19.1 Å². The molecule has 0 aliphatic carbocycles. The van der Waals surface area contributed by atoms with Gasteiger partial charge >= 0.3 is 5.97 Å². The summed E-state index contributed by atoms with van der Waals surface area (Å²) >= 11 is 35.0. The Bertz CT molecular complexity index is 812. The molecule has 0 saturated heterocycles. The second-order valence-electron chi connectivity index (χ2n) is 5.00. The van der Waals surface area contributed by atoms with E-state index in [2.05, 4.69) is 21.5 Å². The van der Waals surface area contributed by atoms with E-state index in [4.69, 9.17) is 74.3 Å². The fourth-order valence-corrected chi connectivity index (χ4v) is 2.13. The molecule has 1 heterocycles. The van der Waals surface area contributed by atoms with Crippen LogP contribution in [0.2, 0.25) is 0 Å². The first kappa shape index (κ1) is 21.5. The van der Waals surface area contributed by atoms with E-state index in [0.717, 1.165) is 0 Å². The van der Waals surface area contributed by atoms with E-state index in [9.17, 15) is 4.79 Å². The van der Waals surface area contributed by atoms with Crippen molar-refractivity contribution in [2.45, 2.75) is 14.5 Å². The second kappa shape index (κ2) is 8.05. The molecule has 138 valence electrons. The molecule has 2 aromatic rings. The monoisotopic (exact) mass is 473 g/mol. The Morgan fingerprint density at radius 3 is 1.77 bits per heavy atom. The molecule has 5 nitrogen and oxygen atoms in total. The highest BCUT2D eigenvalue weighted by Gasteiger charge is 2.34. The van der Waals surface area contributed by atoms with E-state index in [1.807, 2.05) is 0 Å². The van der Waals surface area contributed by atoms with Crippen molar-refractivity contribution in [3.05, 3.63) is 48.1 Å². The highest BCUT2D eigenvalue weighted by molar-refractivity contribution is 6.67. The lowest BCUT2D eigenvalue weighted by Crippen LogP contribution is -2.16. The van der Waals surface area contributed by atoms with Gasteiger partial charge in [0.15, 0.2) is 17.5 Å². The third-order valence-corrected chi connectivity index (χ3v) is 3.83. The molecule has 0 aliphatic rings. The summed E-state index contributed by atoms with van der Waals surface area (Å²) in [5.41, 5.74) is 0.764. The van der Waals surface area contributed by atoms with Crippen molar-refractivity contribution in [3.8, 4) is 17.1 Å². The van der Waals surface area contributed by atoms with Crippen molar-refractivity contribution in [1.29, 1.82) is 0 Å². The summed E-state index contributed by atoms with van der Waals surface area (Å²) in [6.07, 6.45) is 0. The maximum Gasteiger partial charge on any atom is 0.338 e. The lowest BCUT2D eigenvalue weighted by Gasteiger charge is -2.15. The van der Waals surface area contributed by atoms with Crippen molar-refractivity contribution in [3.63, 3.8) is 0 Å². The van der Waals surface area contributed by atoms with Gasteiger partial charge in [0.2, 0.25) is 7.59 Å². The fraction of sp³-hybridized carbons (Fsp3) is 0.200. The van der Waals surface area contributed by atoms with E-state index in [-0.39, 0.29) is 23.0 Å². The van der Waals surface area contributed by atoms with Crippen LogP contribution in [0.4, 0.5) is 0 Å². The third kappa shape index (κ3) is 5.59. The van der Waals surface area contributed by atoms with Crippen LogP contribution in [0.15, 0.2) is 36.4 Å². The topological polar surface area (TPSA) is 65.0 Å². The van der Waals surface area contributed by atoms with E-state index < -0.39 is 13.6 Å². The van der Waals surface area contributed by atoms with Crippen LogP contribution in [0, 0.1) is 0 Å². The molecule has 1 aromatic carbocycles. The summed E-state index contributed by atoms with van der Waals surface area (Å²) in [5, 5.41) is 0. The predicted molar refractivity (Wildman–Crippen MR) is 104 cm³/mol. The highest BCUT2D eigenvalue weighted by Crippen LogP contribution is 2.40. The van der Waals surface area contributed by atoms with Crippen molar-refractivity contribution < 1.29 is 9.53 Å². The van der Waals surface area contributed by atoms with Crippen molar-refractivity contribution >= 4 is 75.6 Å². The molecule has 0 spiro atoms. The van der Waals surface area contributed by atoms with Gasteiger partial charge in [0, 0.05) is 11.1 Å². The van der Waals surface area contributed by atoms with Gasteiger partial charge in [-0.15, -0.1) is 0 Å². The van der Waals surface area contributed by atoms with Crippen LogP contribution in [-0.2, 0) is 12.4 Å². The lowest BCUT2D eigenvalue weighted by atomic mass is 10.2. The number of benzene rings is 1. The zero-order valence-electron chi connectivity index (χ0n) is 12.9. The van der Waals surface area contributed by atoms with E-state index in [1.54, 1.807) is 12.1 Å². The van der Waals surface area contributed by atoms with Crippen LogP contribution >= 0.6 is 69.6 Å². The van der Waals surface area contributed by atoms with Crippen LogP contribution in [0.5, 0.6) is 5.75 Å². The Morgan fingerprint density at radius 2 is 1.38 bits per heavy atom. The number of rotatable bonds is 3. The van der Waals surface area contributed by atoms with Gasteiger partial charge in [0.1, 0.15) is 5.75 Å². The number of hydrogen-bond donors (Lipinski definition) is 0. The Labute approximate surface area is 179 Å². The summed E-state index contributed by atoms with van der Waals surface area (Å²) in [6.45, 7) is 5.04. The number of alkyl halides is 6. The molecular formula is C15H9Cl6N3O2. The summed E-state index contributed by atoms with van der Waals surface area (Å²) in [4.78, 5) is 23.6. The van der Waals surface area contributed by atoms with Gasteiger partial charge in [-0.2, -0.15) is 0 Å². The Balaban J connectivity index is 2.44. The van der Waals surface area contributed by atoms with Gasteiger partial charge in [0.25, 0.3) is 0 Å². The zero-order chi connectivity index (χ0) is 19.7. The maximum atomic E-state index is 11.5. The number of esters is 1. The zero-order valence-corrected chi connectivity index (χ0v) is 17.5. The molecule has 2 rings (SSSR count). The summed E-state index contributed by atoms with van der Waals surface area (Å²) in [6, 6.07) is 6.23. The Morgan fingerprint density at radius 1 is 0.923 bits per heavy atom. The molecule has 1 aromatic heterocycles. The van der Waals surface area contributed by atoms with Gasteiger partial charge in [-0.05, 0) is 31.2 Å². The number of aromatic nitrogens is 3. The highest BCUT2D eigenvalue weighted by atomic mass is 35.6. The van der Waals surface area contributed by atoms with Gasteiger partial charge in [0.05, 0.1) is 0 Å². The van der Waals surface area contributed by atoms with Crippen LogP contribution in [0.25, 0.3) is 11.4 Å². The minimum atomic E-state index is -1.95. The maximum absolute atomic E-state index is 11.5. The molecule has 0 aliphatic heterocycles. The minimum absolute atomic E-state index is 0.112. The number of carbonyl (C=O) groups excluding carboxylic acids is 1. The molecule has 0 radical (unpaired) electrons. The Hall–Kier alpha value is -0.820. The number of carbonyl (C=O) groups is 1. The average molecular weight is 476 g/mol. The van der Waals surface area contributed by atoms with Gasteiger partial charge in [-0.1, -0.05) is 76.2 Å². The largest absolute Gasteiger partial charge is 0.423 e. The Kier molecular flexibility index (Phi) is 6.65. The molecule has 26 heavy (non-hydrogen) atoms. The predicted octanol–water partition coefficient (Wildman–Crippen LogP) is 5.67. The van der Waals surface area contributed by atoms with Crippen LogP contribution in [0.3, 0.4) is 0 Å². The van der Waals surface area contributed by atoms with Crippen LogP contribution in [-0.4, -0.2) is 20.9 Å². The molecule has 0 amide bonds. The number of hydrogen-bond acceptors (Lipinski definition) is 5. The SMILES string of the molecule is C=C(C)C(=O)Oc1ccc(-c2nc(C(Cl)(Cl)Cl)nc(C(Cl)(Cl)Cl)n2)cc1. The van der Waals surface area contributed by atoms with E-state index in [0.29, 0.717) is 11.3 Å². The summed E-state index contributed by atoms with van der Waals surface area (Å²) < 4.78 is 1.21. The first-order valence-electron chi connectivity index (χ1n) is 6.76. The molecule has 0 saturated carbocycles. The van der Waals surface area contributed by atoms with Gasteiger partial charge in [-0.3, -0.25) is 0 Å². The van der Waals surface area contributed by atoms with Crippen molar-refractivity contribution in [1.82, 2.24) is 15.0 Å². The number of nitrogens with zero attached hydrogens (tertiary/aromatic N) is 3. The number of halogens is 6. The normalized spacial score (nSPS) is 12.0. The van der Waals surface area contributed by atoms with E-state index >= 15 is 0 Å². The molecule has 11 heteroatoms. The third-order valence-electron chi connectivity index (χ3n) is 2.81. The van der Waals surface area contributed by atoms with Crippen molar-refractivity contribution in [2.24, 2.45) is 0 Å². The standard InChI is InChI=1S/C15H9Cl6N3O2/c1-7(2)11(25)26-9-5-3-8(4-6-9)10-22-12(14(16,17)18)24-13(23-10)15(19,20)21/h3-6H,1H2,2H3. The average Bonchev–Trinajstić information content (AvgIpc) is 2.53. The smallest absolute Gasteiger partial charge is 0.338 e. The van der Waals surface area contributed by atoms with Gasteiger partial charge < -0.3 is 4.74 Å². The molecule has 0 bridgehead atoms. The van der Waals surface area contributed by atoms with Crippen LogP contribution in [0.1, 0.15) is 18.6 Å². The fourth-order valence-electron chi connectivity index (χ4n) is 1.62. The van der Waals surface area contributed by atoms with Gasteiger partial charge in [-0.25, -0.2) is 19.7 Å². The molecule has 0 N–H and O–H groups in total. The molecule has 0 unspecified atom stereocenters. The molecule has 0 atom stereocenters. The summed E-state index contributed by atoms with van der Waals surface area (Å²) in [7, 11) is 0.